The number of hydrogen-bond donors (Lipinski definition) is 2. The molecule has 1 amide bonds. The van der Waals surface area contributed by atoms with Gasteiger partial charge in [-0.15, -0.1) is 10.2 Å². The third-order valence-corrected chi connectivity index (χ3v) is 2.91. The normalized spacial score (nSPS) is 11.5. The minimum atomic E-state index is -0.103. The number of rotatable bonds is 3. The van der Waals surface area contributed by atoms with Crippen molar-refractivity contribution in [3.63, 3.8) is 0 Å². The van der Waals surface area contributed by atoms with Crippen molar-refractivity contribution >= 4 is 22.4 Å². The van der Waals surface area contributed by atoms with Crippen molar-refractivity contribution in [2.45, 2.75) is 26.2 Å². The molecule has 0 aliphatic heterocycles. The van der Waals surface area contributed by atoms with Gasteiger partial charge in [0, 0.05) is 5.41 Å². The van der Waals surface area contributed by atoms with E-state index in [1.165, 1.54) is 11.3 Å². The van der Waals surface area contributed by atoms with Crippen molar-refractivity contribution < 1.29 is 4.79 Å². The molecule has 0 unspecified atom stereocenters. The van der Waals surface area contributed by atoms with Crippen LogP contribution in [-0.2, 0) is 10.2 Å². The van der Waals surface area contributed by atoms with Crippen LogP contribution in [0.3, 0.4) is 0 Å². The summed E-state index contributed by atoms with van der Waals surface area (Å²) in [6, 6.07) is 0. The van der Waals surface area contributed by atoms with Crippen LogP contribution in [0.4, 0.5) is 5.13 Å². The molecule has 0 saturated carbocycles. The van der Waals surface area contributed by atoms with Crippen LogP contribution in [0, 0.1) is 0 Å². The maximum Gasteiger partial charge on any atom is 0.240 e. The zero-order valence-corrected chi connectivity index (χ0v) is 10.2. The number of amides is 1. The molecule has 2 N–H and O–H groups in total. The molecule has 0 atom stereocenters. The number of anilines is 1. The second kappa shape index (κ2) is 4.67. The van der Waals surface area contributed by atoms with Gasteiger partial charge in [-0.1, -0.05) is 32.1 Å². The Morgan fingerprint density at radius 3 is 2.53 bits per heavy atom. The van der Waals surface area contributed by atoms with Gasteiger partial charge in [-0.25, -0.2) is 0 Å². The van der Waals surface area contributed by atoms with Crippen LogP contribution in [0.5, 0.6) is 0 Å². The van der Waals surface area contributed by atoms with Crippen LogP contribution in [0.2, 0.25) is 0 Å². The molecule has 0 spiro atoms. The molecule has 1 rings (SSSR count). The molecular formula is C9H16N4OS. The van der Waals surface area contributed by atoms with E-state index < -0.39 is 0 Å². The largest absolute Gasteiger partial charge is 0.311 e. The molecule has 1 aromatic heterocycles. The fourth-order valence-corrected chi connectivity index (χ4v) is 1.72. The van der Waals surface area contributed by atoms with E-state index in [4.69, 9.17) is 0 Å². The predicted molar refractivity (Wildman–Crippen MR) is 61.2 cm³/mol. The Hall–Kier alpha value is -1.01. The molecule has 84 valence electrons. The van der Waals surface area contributed by atoms with E-state index in [2.05, 4.69) is 41.6 Å². The highest BCUT2D eigenvalue weighted by Crippen LogP contribution is 2.27. The van der Waals surface area contributed by atoms with Crippen LogP contribution in [0.25, 0.3) is 0 Å². The lowest BCUT2D eigenvalue weighted by atomic mass is 9.98. The fraction of sp³-hybridized carbons (Fsp3) is 0.667. The highest BCUT2D eigenvalue weighted by molar-refractivity contribution is 7.15. The molecular weight excluding hydrogens is 212 g/mol. The molecule has 0 bridgehead atoms. The zero-order valence-electron chi connectivity index (χ0n) is 9.42. The number of nitrogens with zero attached hydrogens (tertiary/aromatic N) is 2. The Morgan fingerprint density at radius 2 is 2.07 bits per heavy atom. The molecule has 5 nitrogen and oxygen atoms in total. The van der Waals surface area contributed by atoms with Gasteiger partial charge in [0.25, 0.3) is 0 Å². The van der Waals surface area contributed by atoms with Crippen LogP contribution in [-0.4, -0.2) is 29.7 Å². The van der Waals surface area contributed by atoms with Crippen molar-refractivity contribution in [3.05, 3.63) is 5.01 Å². The third-order valence-electron chi connectivity index (χ3n) is 1.65. The lowest BCUT2D eigenvalue weighted by Crippen LogP contribution is -2.24. The monoisotopic (exact) mass is 228 g/mol. The van der Waals surface area contributed by atoms with Crippen molar-refractivity contribution in [3.8, 4) is 0 Å². The van der Waals surface area contributed by atoms with Gasteiger partial charge in [-0.05, 0) is 7.05 Å². The Labute approximate surface area is 93.3 Å². The number of hydrogen-bond acceptors (Lipinski definition) is 5. The number of carbonyl (C=O) groups is 1. The predicted octanol–water partition coefficient (Wildman–Crippen LogP) is 0.993. The summed E-state index contributed by atoms with van der Waals surface area (Å²) >= 11 is 1.41. The molecule has 0 aliphatic carbocycles. The Balaban J connectivity index is 2.65. The Morgan fingerprint density at radius 1 is 1.40 bits per heavy atom. The van der Waals surface area contributed by atoms with Gasteiger partial charge in [-0.2, -0.15) is 0 Å². The summed E-state index contributed by atoms with van der Waals surface area (Å²) in [6.07, 6.45) is 0. The second-order valence-corrected chi connectivity index (χ2v) is 5.22. The quantitative estimate of drug-likeness (QED) is 0.809. The standard InChI is InChI=1S/C9H16N4OS/c1-9(2,3)7-12-13-8(15-7)11-6(14)5-10-4/h10H,5H2,1-4H3,(H,11,13,14). The van der Waals surface area contributed by atoms with Gasteiger partial charge in [0.1, 0.15) is 5.01 Å². The smallest absolute Gasteiger partial charge is 0.240 e. The summed E-state index contributed by atoms with van der Waals surface area (Å²) in [5, 5.41) is 14.9. The molecule has 0 radical (unpaired) electrons. The lowest BCUT2D eigenvalue weighted by Gasteiger charge is -2.12. The molecule has 0 saturated heterocycles. The summed E-state index contributed by atoms with van der Waals surface area (Å²) < 4.78 is 0. The van der Waals surface area contributed by atoms with Crippen LogP contribution in [0.15, 0.2) is 0 Å². The summed E-state index contributed by atoms with van der Waals surface area (Å²) in [5.74, 6) is -0.103. The first-order chi connectivity index (χ1) is 6.93. The minimum Gasteiger partial charge on any atom is -0.311 e. The van der Waals surface area contributed by atoms with Crippen LogP contribution < -0.4 is 10.6 Å². The molecule has 0 aliphatic rings. The summed E-state index contributed by atoms with van der Waals surface area (Å²) in [5.41, 5.74) is -0.0242. The zero-order chi connectivity index (χ0) is 11.5. The highest BCUT2D eigenvalue weighted by Gasteiger charge is 2.19. The SMILES string of the molecule is CNCC(=O)Nc1nnc(C(C)(C)C)s1. The van der Waals surface area contributed by atoms with Gasteiger partial charge in [0.2, 0.25) is 11.0 Å². The van der Waals surface area contributed by atoms with Gasteiger partial charge in [0.15, 0.2) is 0 Å². The second-order valence-electron chi connectivity index (χ2n) is 4.24. The van der Waals surface area contributed by atoms with Crippen molar-refractivity contribution in [1.29, 1.82) is 0 Å². The number of carbonyl (C=O) groups excluding carboxylic acids is 1. The van der Waals surface area contributed by atoms with Gasteiger partial charge in [0.05, 0.1) is 6.54 Å². The topological polar surface area (TPSA) is 66.9 Å². The van der Waals surface area contributed by atoms with E-state index in [1.807, 2.05) is 0 Å². The number of nitrogens with one attached hydrogen (secondary N) is 2. The first kappa shape index (κ1) is 12.1. The molecule has 0 fully saturated rings. The fourth-order valence-electron chi connectivity index (χ4n) is 0.901. The van der Waals surface area contributed by atoms with E-state index in [-0.39, 0.29) is 17.9 Å². The minimum absolute atomic E-state index is 0.0242. The van der Waals surface area contributed by atoms with E-state index in [1.54, 1.807) is 7.05 Å². The van der Waals surface area contributed by atoms with E-state index in [9.17, 15) is 4.79 Å². The van der Waals surface area contributed by atoms with Gasteiger partial charge < -0.3 is 5.32 Å². The number of aromatic nitrogens is 2. The van der Waals surface area contributed by atoms with Crippen molar-refractivity contribution in [2.24, 2.45) is 0 Å². The maximum atomic E-state index is 11.2. The van der Waals surface area contributed by atoms with Gasteiger partial charge in [-0.3, -0.25) is 10.1 Å². The van der Waals surface area contributed by atoms with E-state index in [0.717, 1.165) is 5.01 Å². The summed E-state index contributed by atoms with van der Waals surface area (Å²) in [7, 11) is 1.72. The summed E-state index contributed by atoms with van der Waals surface area (Å²) in [4.78, 5) is 11.2. The molecule has 0 aromatic carbocycles. The molecule has 1 heterocycles. The summed E-state index contributed by atoms with van der Waals surface area (Å²) in [6.45, 7) is 6.47. The molecule has 1 aromatic rings. The maximum absolute atomic E-state index is 11.2. The average Bonchev–Trinajstić information content (AvgIpc) is 2.52. The number of likely N-dealkylation sites (N-methyl/N-ethyl adjacent to an activating group) is 1. The first-order valence-electron chi connectivity index (χ1n) is 4.72. The molecule has 15 heavy (non-hydrogen) atoms. The lowest BCUT2D eigenvalue weighted by molar-refractivity contribution is -0.115. The van der Waals surface area contributed by atoms with E-state index in [0.29, 0.717) is 5.13 Å². The Kier molecular flexibility index (Phi) is 3.76. The third kappa shape index (κ3) is 3.56. The average molecular weight is 228 g/mol. The molecule has 6 heteroatoms. The van der Waals surface area contributed by atoms with E-state index >= 15 is 0 Å². The van der Waals surface area contributed by atoms with Crippen molar-refractivity contribution in [1.82, 2.24) is 15.5 Å². The highest BCUT2D eigenvalue weighted by atomic mass is 32.1. The van der Waals surface area contributed by atoms with Gasteiger partial charge >= 0.3 is 0 Å². The van der Waals surface area contributed by atoms with Crippen LogP contribution >= 0.6 is 11.3 Å². The van der Waals surface area contributed by atoms with Crippen LogP contribution in [0.1, 0.15) is 25.8 Å². The first-order valence-corrected chi connectivity index (χ1v) is 5.53. The Bertz CT molecular complexity index is 342. The van der Waals surface area contributed by atoms with Crippen molar-refractivity contribution in [2.75, 3.05) is 18.9 Å².